The number of aryl methyl sites for hydroxylation is 1. The van der Waals surface area contributed by atoms with Crippen LogP contribution in [0.3, 0.4) is 0 Å². The highest BCUT2D eigenvalue weighted by Crippen LogP contribution is 2.29. The van der Waals surface area contributed by atoms with Crippen LogP contribution >= 0.6 is 0 Å². The van der Waals surface area contributed by atoms with Crippen molar-refractivity contribution in [1.29, 1.82) is 0 Å². The lowest BCUT2D eigenvalue weighted by atomic mass is 10.1. The summed E-state index contributed by atoms with van der Waals surface area (Å²) in [6, 6.07) is 5.74. The summed E-state index contributed by atoms with van der Waals surface area (Å²) in [5.41, 5.74) is 0.658. The molecule has 7 nitrogen and oxygen atoms in total. The number of nitrogens with one attached hydrogen (secondary N) is 1. The second kappa shape index (κ2) is 8.64. The van der Waals surface area contributed by atoms with Gasteiger partial charge in [0.1, 0.15) is 0 Å². The summed E-state index contributed by atoms with van der Waals surface area (Å²) in [6.45, 7) is 4.22. The van der Waals surface area contributed by atoms with Crippen LogP contribution in [0.15, 0.2) is 30.3 Å². The van der Waals surface area contributed by atoms with E-state index in [1.54, 1.807) is 13.0 Å². The number of hydrogen-bond donors (Lipinski definition) is 1. The van der Waals surface area contributed by atoms with E-state index >= 15 is 0 Å². The Kier molecular flexibility index (Phi) is 6.39. The van der Waals surface area contributed by atoms with Crippen LogP contribution in [0.4, 0.5) is 19.1 Å². The number of nitrogens with zero attached hydrogens (tertiary/aromatic N) is 3. The van der Waals surface area contributed by atoms with Crippen LogP contribution in [0, 0.1) is 6.92 Å². The van der Waals surface area contributed by atoms with Gasteiger partial charge in [-0.2, -0.15) is 13.2 Å². The van der Waals surface area contributed by atoms with Crippen LogP contribution in [0.5, 0.6) is 0 Å². The Labute approximate surface area is 167 Å². The van der Waals surface area contributed by atoms with Gasteiger partial charge in [-0.15, -0.1) is 0 Å². The van der Waals surface area contributed by atoms with Gasteiger partial charge in [0.2, 0.25) is 16.0 Å². The molecule has 0 amide bonds. The molecule has 0 spiro atoms. The number of halogens is 3. The van der Waals surface area contributed by atoms with Gasteiger partial charge in [-0.3, -0.25) is 0 Å². The van der Waals surface area contributed by atoms with Crippen molar-refractivity contribution in [2.45, 2.75) is 25.4 Å². The van der Waals surface area contributed by atoms with Gasteiger partial charge in [0, 0.05) is 18.8 Å². The monoisotopic (exact) mass is 430 g/mol. The molecule has 1 aromatic carbocycles. The molecule has 1 fully saturated rings. The van der Waals surface area contributed by atoms with Gasteiger partial charge >= 0.3 is 6.18 Å². The molecule has 1 saturated heterocycles. The van der Waals surface area contributed by atoms with Crippen molar-refractivity contribution in [2.24, 2.45) is 0 Å². The molecule has 3 rings (SSSR count). The number of rotatable bonds is 6. The maximum atomic E-state index is 12.6. The van der Waals surface area contributed by atoms with Crippen molar-refractivity contribution in [3.8, 4) is 0 Å². The molecular weight excluding hydrogens is 409 g/mol. The van der Waals surface area contributed by atoms with E-state index in [1.807, 2.05) is 4.90 Å². The number of ether oxygens (including phenoxy) is 1. The zero-order valence-corrected chi connectivity index (χ0v) is 16.6. The first-order chi connectivity index (χ1) is 13.6. The van der Waals surface area contributed by atoms with Crippen molar-refractivity contribution < 1.29 is 26.3 Å². The van der Waals surface area contributed by atoms with E-state index < -0.39 is 27.5 Å². The van der Waals surface area contributed by atoms with E-state index in [-0.39, 0.29) is 12.1 Å². The van der Waals surface area contributed by atoms with Gasteiger partial charge in [0.05, 0.1) is 36.8 Å². The molecule has 158 valence electrons. The maximum Gasteiger partial charge on any atom is 0.416 e. The predicted octanol–water partition coefficient (Wildman–Crippen LogP) is 2.26. The smallest absolute Gasteiger partial charge is 0.378 e. The van der Waals surface area contributed by atoms with Crippen LogP contribution < -0.4 is 9.62 Å². The van der Waals surface area contributed by atoms with E-state index in [2.05, 4.69) is 14.7 Å². The van der Waals surface area contributed by atoms with Crippen molar-refractivity contribution in [3.05, 3.63) is 52.8 Å². The minimum Gasteiger partial charge on any atom is -0.378 e. The minimum atomic E-state index is -4.46. The molecule has 0 atom stereocenters. The topological polar surface area (TPSA) is 84.4 Å². The summed E-state index contributed by atoms with van der Waals surface area (Å²) in [5, 5.41) is 0. The molecule has 0 unspecified atom stereocenters. The van der Waals surface area contributed by atoms with Crippen LogP contribution in [0.2, 0.25) is 0 Å². The standard InChI is InChI=1S/C18H21F3N4O3S/c1-13-10-16(24-17(23-13)25-6-8-28-9-7-25)11-22-29(26,27)12-14-2-4-15(5-3-14)18(19,20)21/h2-5,10,22H,6-9,11-12H2,1H3. The fourth-order valence-electron chi connectivity index (χ4n) is 2.86. The first kappa shape index (κ1) is 21.5. The molecular formula is C18H21F3N4O3S. The Bertz CT molecular complexity index is 944. The second-order valence-electron chi connectivity index (χ2n) is 6.67. The fourth-order valence-corrected chi connectivity index (χ4v) is 3.96. The highest BCUT2D eigenvalue weighted by Gasteiger charge is 2.30. The summed E-state index contributed by atoms with van der Waals surface area (Å²) in [7, 11) is -3.76. The highest BCUT2D eigenvalue weighted by atomic mass is 32.2. The highest BCUT2D eigenvalue weighted by molar-refractivity contribution is 7.88. The molecule has 0 radical (unpaired) electrons. The molecule has 2 aromatic rings. The Balaban J connectivity index is 1.64. The zero-order chi connectivity index (χ0) is 21.1. The Hall–Kier alpha value is -2.24. The van der Waals surface area contributed by atoms with Crippen LogP contribution in [-0.2, 0) is 33.2 Å². The number of benzene rings is 1. The van der Waals surface area contributed by atoms with Gasteiger partial charge in [-0.05, 0) is 30.7 Å². The molecule has 0 aliphatic carbocycles. The number of hydrogen-bond acceptors (Lipinski definition) is 6. The molecule has 1 aromatic heterocycles. The molecule has 1 N–H and O–H groups in total. The van der Waals surface area contributed by atoms with E-state index in [1.165, 1.54) is 0 Å². The summed E-state index contributed by atoms with van der Waals surface area (Å²) in [5.74, 6) is 0.0937. The normalized spacial score (nSPS) is 15.5. The van der Waals surface area contributed by atoms with E-state index in [0.29, 0.717) is 43.6 Å². The van der Waals surface area contributed by atoms with E-state index in [9.17, 15) is 21.6 Å². The second-order valence-corrected chi connectivity index (χ2v) is 8.48. The maximum absolute atomic E-state index is 12.6. The van der Waals surface area contributed by atoms with Gasteiger partial charge in [0.15, 0.2) is 0 Å². The number of aromatic nitrogens is 2. The first-order valence-electron chi connectivity index (χ1n) is 8.93. The average Bonchev–Trinajstić information content (AvgIpc) is 2.66. The van der Waals surface area contributed by atoms with Gasteiger partial charge < -0.3 is 9.64 Å². The van der Waals surface area contributed by atoms with Crippen molar-refractivity contribution in [2.75, 3.05) is 31.2 Å². The SMILES string of the molecule is Cc1cc(CNS(=O)(=O)Cc2ccc(C(F)(F)F)cc2)nc(N2CCOCC2)n1. The predicted molar refractivity (Wildman–Crippen MR) is 101 cm³/mol. The van der Waals surface area contributed by atoms with Gasteiger partial charge in [-0.25, -0.2) is 23.1 Å². The quantitative estimate of drug-likeness (QED) is 0.757. The third-order valence-electron chi connectivity index (χ3n) is 4.30. The molecule has 0 bridgehead atoms. The van der Waals surface area contributed by atoms with Crippen molar-refractivity contribution >= 4 is 16.0 Å². The summed E-state index contributed by atoms with van der Waals surface area (Å²) < 4.78 is 70.2. The number of alkyl halides is 3. The Morgan fingerprint density at radius 3 is 2.41 bits per heavy atom. The summed E-state index contributed by atoms with van der Waals surface area (Å²) in [4.78, 5) is 10.8. The van der Waals surface area contributed by atoms with Crippen molar-refractivity contribution in [3.63, 3.8) is 0 Å². The molecule has 1 aliphatic rings. The Morgan fingerprint density at radius 1 is 1.14 bits per heavy atom. The molecule has 2 heterocycles. The Morgan fingerprint density at radius 2 is 1.79 bits per heavy atom. The van der Waals surface area contributed by atoms with Crippen LogP contribution in [0.25, 0.3) is 0 Å². The zero-order valence-electron chi connectivity index (χ0n) is 15.7. The molecule has 0 saturated carbocycles. The van der Waals surface area contributed by atoms with Gasteiger partial charge in [0.25, 0.3) is 0 Å². The number of sulfonamides is 1. The van der Waals surface area contributed by atoms with Crippen molar-refractivity contribution in [1.82, 2.24) is 14.7 Å². The van der Waals surface area contributed by atoms with Crippen LogP contribution in [-0.4, -0.2) is 44.7 Å². The summed E-state index contributed by atoms with van der Waals surface area (Å²) in [6.07, 6.45) is -4.46. The van der Waals surface area contributed by atoms with Gasteiger partial charge in [-0.1, -0.05) is 12.1 Å². The van der Waals surface area contributed by atoms with E-state index in [0.717, 1.165) is 24.3 Å². The molecule has 29 heavy (non-hydrogen) atoms. The third kappa shape index (κ3) is 6.12. The lowest BCUT2D eigenvalue weighted by Gasteiger charge is -2.27. The number of morpholine rings is 1. The molecule has 11 heteroatoms. The average molecular weight is 430 g/mol. The molecule has 1 aliphatic heterocycles. The lowest BCUT2D eigenvalue weighted by Crippen LogP contribution is -2.37. The van der Waals surface area contributed by atoms with E-state index in [4.69, 9.17) is 4.74 Å². The number of anilines is 1. The third-order valence-corrected chi connectivity index (χ3v) is 5.60. The fraction of sp³-hybridized carbons (Fsp3) is 0.444. The lowest BCUT2D eigenvalue weighted by molar-refractivity contribution is -0.137. The first-order valence-corrected chi connectivity index (χ1v) is 10.6. The van der Waals surface area contributed by atoms with Crippen LogP contribution in [0.1, 0.15) is 22.5 Å². The minimum absolute atomic E-state index is 0.0380. The largest absolute Gasteiger partial charge is 0.416 e. The summed E-state index contributed by atoms with van der Waals surface area (Å²) >= 11 is 0.